The molecule has 1 aromatic carbocycles. The highest BCUT2D eigenvalue weighted by Gasteiger charge is 2.26. The van der Waals surface area contributed by atoms with Crippen molar-refractivity contribution in [3.63, 3.8) is 0 Å². The summed E-state index contributed by atoms with van der Waals surface area (Å²) in [6.07, 6.45) is 0. The normalized spacial score (nSPS) is 14.5. The molecule has 1 saturated heterocycles. The summed E-state index contributed by atoms with van der Waals surface area (Å²) in [6.45, 7) is 2.41. The van der Waals surface area contributed by atoms with Gasteiger partial charge in [-0.05, 0) is 23.7 Å². The van der Waals surface area contributed by atoms with Gasteiger partial charge >= 0.3 is 5.69 Å². The lowest BCUT2D eigenvalue weighted by molar-refractivity contribution is 0.0753. The van der Waals surface area contributed by atoms with Gasteiger partial charge in [-0.25, -0.2) is 4.79 Å². The molecule has 1 aliphatic rings. The van der Waals surface area contributed by atoms with E-state index in [2.05, 4.69) is 14.3 Å². The molecular weight excluding hydrogens is 382 g/mol. The topological polar surface area (TPSA) is 101 Å². The van der Waals surface area contributed by atoms with Crippen LogP contribution in [0.15, 0.2) is 33.9 Å². The molecule has 9 nitrogen and oxygen atoms in total. The zero-order valence-corrected chi connectivity index (χ0v) is 16.3. The average molecular weight is 401 g/mol. The number of carbonyl (C=O) groups excluding carboxylic acids is 1. The molecule has 0 aliphatic carbocycles. The van der Waals surface area contributed by atoms with E-state index in [4.69, 9.17) is 4.74 Å². The zero-order chi connectivity index (χ0) is 19.8. The van der Waals surface area contributed by atoms with E-state index in [1.165, 1.54) is 7.05 Å². The first-order chi connectivity index (χ1) is 13.5. The van der Waals surface area contributed by atoms with Gasteiger partial charge in [-0.2, -0.15) is 4.37 Å². The van der Waals surface area contributed by atoms with Crippen molar-refractivity contribution in [2.75, 3.05) is 38.2 Å². The number of aromatic amines is 1. The van der Waals surface area contributed by atoms with Crippen molar-refractivity contribution in [3.8, 4) is 5.75 Å². The minimum atomic E-state index is -0.561. The van der Waals surface area contributed by atoms with Crippen molar-refractivity contribution < 1.29 is 9.53 Å². The van der Waals surface area contributed by atoms with Gasteiger partial charge < -0.3 is 19.5 Å². The summed E-state index contributed by atoms with van der Waals surface area (Å²) in [5.41, 5.74) is 0.317. The minimum absolute atomic E-state index is 0.116. The van der Waals surface area contributed by atoms with E-state index < -0.39 is 11.2 Å². The van der Waals surface area contributed by atoms with Gasteiger partial charge in [-0.15, -0.1) is 0 Å². The highest BCUT2D eigenvalue weighted by molar-refractivity contribution is 7.09. The number of ether oxygens (including phenoxy) is 1. The molecule has 0 atom stereocenters. The Morgan fingerprint density at radius 1 is 1.21 bits per heavy atom. The van der Waals surface area contributed by atoms with Crippen LogP contribution < -0.4 is 20.9 Å². The first kappa shape index (κ1) is 18.2. The molecular formula is C18H19N5O4S. The minimum Gasteiger partial charge on any atom is -0.497 e. The van der Waals surface area contributed by atoms with Crippen LogP contribution in [-0.4, -0.2) is 58.0 Å². The van der Waals surface area contributed by atoms with Crippen LogP contribution in [0.3, 0.4) is 0 Å². The smallest absolute Gasteiger partial charge is 0.328 e. The second-order valence-electron chi connectivity index (χ2n) is 6.51. The van der Waals surface area contributed by atoms with E-state index in [1.54, 1.807) is 12.0 Å². The van der Waals surface area contributed by atoms with Gasteiger partial charge in [0.25, 0.3) is 11.5 Å². The quantitative estimate of drug-likeness (QED) is 0.692. The summed E-state index contributed by atoms with van der Waals surface area (Å²) in [5, 5.41) is 0. The maximum Gasteiger partial charge on any atom is 0.328 e. The van der Waals surface area contributed by atoms with Crippen molar-refractivity contribution in [2.45, 2.75) is 0 Å². The zero-order valence-electron chi connectivity index (χ0n) is 15.5. The number of hydrogen-bond acceptors (Lipinski definition) is 7. The van der Waals surface area contributed by atoms with E-state index in [9.17, 15) is 14.4 Å². The maximum absolute atomic E-state index is 13.0. The van der Waals surface area contributed by atoms with Gasteiger partial charge in [0.05, 0.1) is 12.6 Å². The molecule has 4 rings (SSSR count). The van der Waals surface area contributed by atoms with Crippen LogP contribution in [0.5, 0.6) is 5.75 Å². The van der Waals surface area contributed by atoms with Crippen LogP contribution in [0, 0.1) is 0 Å². The van der Waals surface area contributed by atoms with E-state index in [-0.39, 0.29) is 16.9 Å². The number of carbonyl (C=O) groups is 1. The molecule has 0 bridgehead atoms. The number of nitrogens with zero attached hydrogens (tertiary/aromatic N) is 4. The Bertz CT molecular complexity index is 1160. The Hall–Kier alpha value is -3.14. The molecule has 28 heavy (non-hydrogen) atoms. The second kappa shape index (κ2) is 7.12. The number of rotatable bonds is 3. The van der Waals surface area contributed by atoms with Gasteiger partial charge in [0.1, 0.15) is 10.6 Å². The first-order valence-electron chi connectivity index (χ1n) is 8.76. The lowest BCUT2D eigenvalue weighted by Gasteiger charge is -2.36. The van der Waals surface area contributed by atoms with Gasteiger partial charge in [-0.3, -0.25) is 14.2 Å². The van der Waals surface area contributed by atoms with Crippen molar-refractivity contribution in [1.82, 2.24) is 18.8 Å². The Balaban J connectivity index is 1.54. The van der Waals surface area contributed by atoms with Crippen molar-refractivity contribution in [3.05, 3.63) is 50.0 Å². The summed E-state index contributed by atoms with van der Waals surface area (Å²) in [7, 11) is 3.01. The first-order valence-corrected chi connectivity index (χ1v) is 9.54. The molecule has 1 fully saturated rings. The molecule has 0 saturated carbocycles. The number of anilines is 1. The lowest BCUT2D eigenvalue weighted by atomic mass is 10.2. The number of aromatic nitrogens is 3. The summed E-state index contributed by atoms with van der Waals surface area (Å²) in [4.78, 5) is 43.8. The molecule has 1 aliphatic heterocycles. The number of H-pyrrole nitrogens is 1. The Labute approximate surface area is 163 Å². The van der Waals surface area contributed by atoms with Gasteiger partial charge in [0, 0.05) is 45.0 Å². The third-order valence-corrected chi connectivity index (χ3v) is 5.75. The predicted octanol–water partition coefficient (Wildman–Crippen LogP) is 0.654. The summed E-state index contributed by atoms with van der Waals surface area (Å²) < 4.78 is 10.3. The van der Waals surface area contributed by atoms with E-state index >= 15 is 0 Å². The number of methoxy groups -OCH3 is 1. The second-order valence-corrected chi connectivity index (χ2v) is 7.28. The number of hydrogen-bond donors (Lipinski definition) is 1. The predicted molar refractivity (Wildman–Crippen MR) is 107 cm³/mol. The number of amides is 1. The molecule has 0 radical (unpaired) electrons. The molecule has 0 spiro atoms. The number of piperazine rings is 1. The highest BCUT2D eigenvalue weighted by Crippen LogP contribution is 2.24. The summed E-state index contributed by atoms with van der Waals surface area (Å²) >= 11 is 0.943. The van der Waals surface area contributed by atoms with Crippen molar-refractivity contribution >= 4 is 34.2 Å². The molecule has 3 aromatic rings. The molecule has 3 heterocycles. The molecule has 1 amide bonds. The maximum atomic E-state index is 13.0. The number of nitrogens with one attached hydrogen (secondary N) is 1. The summed E-state index contributed by atoms with van der Waals surface area (Å²) in [5.74, 6) is 0.569. The molecule has 1 N–H and O–H groups in total. The average Bonchev–Trinajstić information content (AvgIpc) is 3.15. The van der Waals surface area contributed by atoms with Crippen LogP contribution in [-0.2, 0) is 7.05 Å². The third-order valence-electron chi connectivity index (χ3n) is 4.92. The monoisotopic (exact) mass is 401 g/mol. The van der Waals surface area contributed by atoms with Crippen LogP contribution in [0.2, 0.25) is 0 Å². The van der Waals surface area contributed by atoms with E-state index in [0.29, 0.717) is 31.1 Å². The lowest BCUT2D eigenvalue weighted by Crippen LogP contribution is -2.48. The fraction of sp³-hybridized carbons (Fsp3) is 0.333. The highest BCUT2D eigenvalue weighted by atomic mass is 32.1. The number of fused-ring (bicyclic) bond motifs is 1. The van der Waals surface area contributed by atoms with Crippen LogP contribution in [0.25, 0.3) is 11.0 Å². The fourth-order valence-electron chi connectivity index (χ4n) is 3.26. The Morgan fingerprint density at radius 2 is 1.96 bits per heavy atom. The molecule has 0 unspecified atom stereocenters. The van der Waals surface area contributed by atoms with Crippen molar-refractivity contribution in [1.29, 1.82) is 0 Å². The molecule has 2 aromatic heterocycles. The fourth-order valence-corrected chi connectivity index (χ4v) is 4.06. The Kier molecular flexibility index (Phi) is 4.63. The third kappa shape index (κ3) is 3.05. The SMILES string of the molecule is COc1cccc(N2CCN(C(=O)c3snc4c(=O)n(C)c(=O)[nH]c34)CC2)c1. The largest absolute Gasteiger partial charge is 0.497 e. The van der Waals surface area contributed by atoms with Gasteiger partial charge in [-0.1, -0.05) is 6.07 Å². The summed E-state index contributed by atoms with van der Waals surface area (Å²) in [6, 6.07) is 7.81. The van der Waals surface area contributed by atoms with Crippen LogP contribution >= 0.6 is 11.5 Å². The van der Waals surface area contributed by atoms with E-state index in [0.717, 1.165) is 27.5 Å². The Morgan fingerprint density at radius 3 is 2.68 bits per heavy atom. The molecule has 10 heteroatoms. The van der Waals surface area contributed by atoms with Gasteiger partial charge in [0.15, 0.2) is 5.52 Å². The van der Waals surface area contributed by atoms with Crippen molar-refractivity contribution in [2.24, 2.45) is 7.05 Å². The number of benzene rings is 1. The standard InChI is InChI=1S/C18H19N5O4S/c1-21-16(24)14-13(19-18(21)26)15(28-20-14)17(25)23-8-6-22(7-9-23)11-4-3-5-12(10-11)27-2/h3-5,10H,6-9H2,1-2H3,(H,19,26). The van der Waals surface area contributed by atoms with Crippen LogP contribution in [0.4, 0.5) is 5.69 Å². The molecule has 146 valence electrons. The van der Waals surface area contributed by atoms with Crippen LogP contribution in [0.1, 0.15) is 9.67 Å². The van der Waals surface area contributed by atoms with E-state index in [1.807, 2.05) is 24.3 Å². The van der Waals surface area contributed by atoms with Gasteiger partial charge in [0.2, 0.25) is 0 Å².